The summed E-state index contributed by atoms with van der Waals surface area (Å²) in [6.45, 7) is 1.68. The van der Waals surface area contributed by atoms with Gasteiger partial charge in [0.2, 0.25) is 0 Å². The minimum atomic E-state index is -0.188. The van der Waals surface area contributed by atoms with Crippen molar-refractivity contribution in [2.45, 2.75) is 6.92 Å². The highest BCUT2D eigenvalue weighted by Gasteiger charge is 1.98. The van der Waals surface area contributed by atoms with Crippen LogP contribution in [0.5, 0.6) is 0 Å². The molecule has 0 saturated heterocycles. The third-order valence-corrected chi connectivity index (χ3v) is 1.40. The van der Waals surface area contributed by atoms with Crippen molar-refractivity contribution in [3.05, 3.63) is 27.7 Å². The molecule has 0 bridgehead atoms. The first-order chi connectivity index (χ1) is 5.15. The minimum absolute atomic E-state index is 0.188. The van der Waals surface area contributed by atoms with E-state index in [9.17, 15) is 4.79 Å². The van der Waals surface area contributed by atoms with E-state index in [2.05, 4.69) is 10.9 Å². The molecule has 0 aliphatic heterocycles. The normalized spacial score (nSPS) is 9.09. The Morgan fingerprint density at radius 3 is 2.91 bits per heavy atom. The molecule has 0 saturated carbocycles. The first-order valence-electron chi connectivity index (χ1n) is 3.11. The van der Waals surface area contributed by atoms with Crippen molar-refractivity contribution in [1.82, 2.24) is 4.98 Å². The van der Waals surface area contributed by atoms with Crippen LogP contribution < -0.4 is 11.3 Å². The molecular formula is C8H8N2O. The van der Waals surface area contributed by atoms with Gasteiger partial charge in [0.15, 0.2) is 0 Å². The smallest absolute Gasteiger partial charge is 0.251 e. The Morgan fingerprint density at radius 2 is 2.36 bits per heavy atom. The van der Waals surface area contributed by atoms with Gasteiger partial charge in [0, 0.05) is 5.56 Å². The van der Waals surface area contributed by atoms with Crippen molar-refractivity contribution in [2.24, 2.45) is 0 Å². The van der Waals surface area contributed by atoms with E-state index in [4.69, 9.17) is 12.2 Å². The predicted octanol–water partition coefficient (Wildman–Crippen LogP) is 0.247. The molecule has 1 aromatic rings. The van der Waals surface area contributed by atoms with Crippen LogP contribution in [0.2, 0.25) is 0 Å². The van der Waals surface area contributed by atoms with Crippen LogP contribution in [0.25, 0.3) is 0 Å². The van der Waals surface area contributed by atoms with E-state index in [0.717, 1.165) is 0 Å². The van der Waals surface area contributed by atoms with Crippen molar-refractivity contribution >= 4 is 5.69 Å². The lowest BCUT2D eigenvalue weighted by atomic mass is 10.2. The number of nitrogens with one attached hydrogen (secondary N) is 1. The highest BCUT2D eigenvalue weighted by molar-refractivity contribution is 5.51. The van der Waals surface area contributed by atoms with Crippen LogP contribution in [-0.2, 0) is 0 Å². The third kappa shape index (κ3) is 1.24. The van der Waals surface area contributed by atoms with Crippen LogP contribution in [0.1, 0.15) is 11.3 Å². The fraction of sp³-hybridized carbons (Fsp3) is 0.125. The Hall–Kier alpha value is -1.69. The standard InChI is InChI=1S/C8H8N2O/c1-3-7-6(9)4-5(2)8(11)10-7/h1,4H,9H2,2H3,(H,10,11). The number of H-pyrrole nitrogens is 1. The summed E-state index contributed by atoms with van der Waals surface area (Å²) in [4.78, 5) is 13.4. The van der Waals surface area contributed by atoms with E-state index >= 15 is 0 Å². The summed E-state index contributed by atoms with van der Waals surface area (Å²) in [5.74, 6) is 2.28. The Balaban J connectivity index is 3.48. The van der Waals surface area contributed by atoms with Gasteiger partial charge < -0.3 is 10.7 Å². The zero-order valence-corrected chi connectivity index (χ0v) is 6.14. The van der Waals surface area contributed by atoms with Crippen LogP contribution in [0.4, 0.5) is 5.69 Å². The van der Waals surface area contributed by atoms with E-state index in [1.54, 1.807) is 13.0 Å². The predicted molar refractivity (Wildman–Crippen MR) is 44.1 cm³/mol. The van der Waals surface area contributed by atoms with Gasteiger partial charge in [-0.15, -0.1) is 6.42 Å². The molecule has 1 rings (SSSR count). The molecule has 0 fully saturated rings. The average Bonchev–Trinajstić information content (AvgIpc) is 1.97. The van der Waals surface area contributed by atoms with Crippen LogP contribution in [0.15, 0.2) is 10.9 Å². The van der Waals surface area contributed by atoms with Gasteiger partial charge in [-0.05, 0) is 13.0 Å². The van der Waals surface area contributed by atoms with E-state index < -0.39 is 0 Å². The number of hydrogen-bond acceptors (Lipinski definition) is 2. The lowest BCUT2D eigenvalue weighted by Gasteiger charge is -1.97. The second kappa shape index (κ2) is 2.51. The van der Waals surface area contributed by atoms with E-state index in [0.29, 0.717) is 16.9 Å². The summed E-state index contributed by atoms with van der Waals surface area (Å²) in [5.41, 5.74) is 6.65. The molecule has 3 N–H and O–H groups in total. The summed E-state index contributed by atoms with van der Waals surface area (Å²) in [6.07, 6.45) is 5.07. The molecule has 3 heteroatoms. The van der Waals surface area contributed by atoms with Gasteiger partial charge in [0.05, 0.1) is 5.69 Å². The highest BCUT2D eigenvalue weighted by Crippen LogP contribution is 2.04. The van der Waals surface area contributed by atoms with Gasteiger partial charge in [-0.3, -0.25) is 4.79 Å². The monoisotopic (exact) mass is 148 g/mol. The second-order valence-electron chi connectivity index (χ2n) is 2.26. The van der Waals surface area contributed by atoms with Crippen molar-refractivity contribution in [1.29, 1.82) is 0 Å². The Kier molecular flexibility index (Phi) is 1.69. The fourth-order valence-electron chi connectivity index (χ4n) is 0.775. The summed E-state index contributed by atoms with van der Waals surface area (Å²) in [6, 6.07) is 1.56. The van der Waals surface area contributed by atoms with Crippen molar-refractivity contribution in [3.63, 3.8) is 0 Å². The van der Waals surface area contributed by atoms with Gasteiger partial charge in [0.1, 0.15) is 5.69 Å². The van der Waals surface area contributed by atoms with Crippen LogP contribution in [-0.4, -0.2) is 4.98 Å². The molecular weight excluding hydrogens is 140 g/mol. The molecule has 56 valence electrons. The van der Waals surface area contributed by atoms with Crippen molar-refractivity contribution in [2.75, 3.05) is 5.73 Å². The van der Waals surface area contributed by atoms with Gasteiger partial charge in [-0.1, -0.05) is 5.92 Å². The molecule has 0 radical (unpaired) electrons. The van der Waals surface area contributed by atoms with E-state index in [1.807, 2.05) is 0 Å². The molecule has 0 atom stereocenters. The lowest BCUT2D eigenvalue weighted by molar-refractivity contribution is 1.16. The maximum atomic E-state index is 10.9. The maximum Gasteiger partial charge on any atom is 0.251 e. The number of aryl methyl sites for hydroxylation is 1. The number of nitrogens with two attached hydrogens (primary N) is 1. The number of terminal acetylenes is 1. The number of aromatic amines is 1. The molecule has 0 unspecified atom stereocenters. The summed E-state index contributed by atoms with van der Waals surface area (Å²) >= 11 is 0. The Bertz CT molecular complexity index is 371. The molecule has 0 aromatic carbocycles. The maximum absolute atomic E-state index is 10.9. The fourth-order valence-corrected chi connectivity index (χ4v) is 0.775. The number of pyridine rings is 1. The molecule has 0 spiro atoms. The van der Waals surface area contributed by atoms with Crippen molar-refractivity contribution in [3.8, 4) is 12.3 Å². The molecule has 0 aliphatic carbocycles. The van der Waals surface area contributed by atoms with Gasteiger partial charge in [0.25, 0.3) is 5.56 Å². The molecule has 1 heterocycles. The highest BCUT2D eigenvalue weighted by atomic mass is 16.1. The molecule has 0 aliphatic rings. The Morgan fingerprint density at radius 1 is 1.73 bits per heavy atom. The number of rotatable bonds is 0. The molecule has 1 aromatic heterocycles. The Labute approximate surface area is 64.2 Å². The first-order valence-corrected chi connectivity index (χ1v) is 3.11. The zero-order chi connectivity index (χ0) is 8.43. The van der Waals surface area contributed by atoms with Gasteiger partial charge in [-0.2, -0.15) is 0 Å². The van der Waals surface area contributed by atoms with E-state index in [-0.39, 0.29) is 5.56 Å². The van der Waals surface area contributed by atoms with Crippen molar-refractivity contribution < 1.29 is 0 Å². The third-order valence-electron chi connectivity index (χ3n) is 1.40. The topological polar surface area (TPSA) is 58.9 Å². The summed E-state index contributed by atoms with van der Waals surface area (Å²) in [5, 5.41) is 0. The number of anilines is 1. The number of hydrogen-bond donors (Lipinski definition) is 2. The van der Waals surface area contributed by atoms with Crippen LogP contribution in [0.3, 0.4) is 0 Å². The molecule has 11 heavy (non-hydrogen) atoms. The molecule has 0 amide bonds. The number of aromatic nitrogens is 1. The quantitative estimate of drug-likeness (QED) is 0.518. The SMILES string of the molecule is C#Cc1[nH]c(=O)c(C)cc1N. The zero-order valence-electron chi connectivity index (χ0n) is 6.14. The molecule has 3 nitrogen and oxygen atoms in total. The number of nitrogen functional groups attached to an aromatic ring is 1. The van der Waals surface area contributed by atoms with Crippen LogP contribution >= 0.6 is 0 Å². The van der Waals surface area contributed by atoms with Crippen LogP contribution in [0, 0.1) is 19.3 Å². The largest absolute Gasteiger partial charge is 0.396 e. The van der Waals surface area contributed by atoms with E-state index in [1.165, 1.54) is 0 Å². The van der Waals surface area contributed by atoms with Gasteiger partial charge >= 0.3 is 0 Å². The second-order valence-corrected chi connectivity index (χ2v) is 2.26. The minimum Gasteiger partial charge on any atom is -0.396 e. The first kappa shape index (κ1) is 7.42. The summed E-state index contributed by atoms with van der Waals surface area (Å²) < 4.78 is 0. The van der Waals surface area contributed by atoms with Gasteiger partial charge in [-0.25, -0.2) is 0 Å². The average molecular weight is 148 g/mol. The summed E-state index contributed by atoms with van der Waals surface area (Å²) in [7, 11) is 0. The lowest BCUT2D eigenvalue weighted by Crippen LogP contribution is -2.12.